The molecular weight excluding hydrogens is 792 g/mol. The second-order valence-electron chi connectivity index (χ2n) is 12.2. The topological polar surface area (TPSA) is 214 Å². The Hall–Kier alpha value is -1.13. The predicted molar refractivity (Wildman–Crippen MR) is 218 cm³/mol. The van der Waals surface area contributed by atoms with Crippen LogP contribution in [0.2, 0.25) is 0 Å². The smallest absolute Gasteiger partial charge is 0.373 e. The number of aldehydes is 1. The standard InChI is InChI=1S/C13H16O2.C7H13NO3.C7H12.C6H12N2O3.C5H13N.C2H6.K.Y/c14-8-9-15-13-6-4-12(5-7-13)10-11-2-1-3-11;1-4(2)3-5(8)6(9)7(10)11;1-4-6-7(3)5-2;1-4(9)11-3-2-5(7)6(8)10;1-3-4-5-6-2;1-2;;/h4-8,11H,1-3,9-10H2;4-5H,3,8H2,1-2H3,(H,10,11);4,6H,1,5H2,2-3H3;5H,2-3,7H2,1H3,(H2,8,10);6H,3-5H2,1-2H3;1-2H3;;/b;;7-6+;;;;;. The number of rotatable bonds is 18. The van der Waals surface area contributed by atoms with Crippen LogP contribution in [0.4, 0.5) is 0 Å². The summed E-state index contributed by atoms with van der Waals surface area (Å²) in [6.07, 6.45) is 14.4. The number of nitrogens with one attached hydrogen (secondary N) is 1. The molecule has 2 atom stereocenters. The molecule has 0 aromatic heterocycles. The van der Waals surface area contributed by atoms with E-state index in [0.717, 1.165) is 30.9 Å². The maximum Gasteiger partial charge on any atom is 0.373 e. The van der Waals surface area contributed by atoms with Crippen LogP contribution in [0.25, 0.3) is 0 Å². The molecule has 0 aliphatic heterocycles. The van der Waals surface area contributed by atoms with E-state index in [1.807, 2.05) is 59.0 Å². The molecule has 1 saturated carbocycles. The van der Waals surface area contributed by atoms with Crippen molar-refractivity contribution in [1.82, 2.24) is 5.32 Å². The molecule has 0 spiro atoms. The first-order valence-electron chi connectivity index (χ1n) is 18.4. The number of hydrogen-bond donors (Lipinski definition) is 5. The van der Waals surface area contributed by atoms with Gasteiger partial charge in [0.05, 0.1) is 18.7 Å². The molecule has 1 aliphatic carbocycles. The maximum atomic E-state index is 10.7. The van der Waals surface area contributed by atoms with E-state index in [1.165, 1.54) is 56.6 Å². The van der Waals surface area contributed by atoms with E-state index >= 15 is 0 Å². The molecule has 54 heavy (non-hydrogen) atoms. The van der Waals surface area contributed by atoms with Crippen molar-refractivity contribution in [2.45, 2.75) is 125 Å². The number of ketones is 1. The van der Waals surface area contributed by atoms with Crippen molar-refractivity contribution in [3.63, 3.8) is 0 Å². The van der Waals surface area contributed by atoms with E-state index in [1.54, 1.807) is 0 Å². The number of hydrogen-bond acceptors (Lipinski definition) is 10. The van der Waals surface area contributed by atoms with Crippen LogP contribution in [-0.4, -0.2) is 125 Å². The second kappa shape index (κ2) is 46.3. The normalized spacial score (nSPS) is 12.1. The van der Waals surface area contributed by atoms with Crippen molar-refractivity contribution >= 4 is 81.3 Å². The van der Waals surface area contributed by atoms with Gasteiger partial charge >= 0.3 is 11.9 Å². The van der Waals surface area contributed by atoms with Gasteiger partial charge in [-0.2, -0.15) is 0 Å². The number of allylic oxidation sites excluding steroid dienone is 3. The number of benzene rings is 1. The van der Waals surface area contributed by atoms with Gasteiger partial charge in [0.1, 0.15) is 12.4 Å². The zero-order chi connectivity index (χ0) is 40.9. The first kappa shape index (κ1) is 64.8. The van der Waals surface area contributed by atoms with E-state index in [9.17, 15) is 24.0 Å². The molecule has 12 nitrogen and oxygen atoms in total. The number of carboxylic acids is 1. The molecule has 1 fully saturated rings. The number of nitrogens with two attached hydrogens (primary N) is 3. The molecule has 1 aromatic carbocycles. The number of unbranched alkanes of at least 4 members (excludes halogenated alkanes) is 1. The molecule has 1 aromatic rings. The molecule has 1 aliphatic rings. The van der Waals surface area contributed by atoms with Gasteiger partial charge in [-0.1, -0.05) is 104 Å². The Morgan fingerprint density at radius 2 is 1.59 bits per heavy atom. The number of amides is 1. The summed E-state index contributed by atoms with van der Waals surface area (Å²) in [5.74, 6) is -1.41. The number of Topliss-reactive ketones (excluding diaryl/α,β-unsaturated/α-hetero) is 1. The van der Waals surface area contributed by atoms with Gasteiger partial charge in [0.2, 0.25) is 5.91 Å². The van der Waals surface area contributed by atoms with Crippen LogP contribution >= 0.6 is 0 Å². The van der Waals surface area contributed by atoms with Crippen molar-refractivity contribution < 1.29 is 71.3 Å². The maximum absolute atomic E-state index is 10.7. The molecule has 0 bridgehead atoms. The van der Waals surface area contributed by atoms with E-state index < -0.39 is 29.7 Å². The van der Waals surface area contributed by atoms with Crippen LogP contribution in [0, 0.1) is 11.8 Å². The molecular formula is C40H72KN4O8Y. The molecule has 304 valence electrons. The SMILES string of the molecule is C=C/C=C(\C)CC.CC.CC(=O)OCCC(N)C(N)=O.CC(C)CC(N)C(=O)C(=O)O.CCCCNC.O=CCOc1ccc(CC2CCC2)cc1.[K].[Y]. The second-order valence-corrected chi connectivity index (χ2v) is 12.2. The van der Waals surface area contributed by atoms with Gasteiger partial charge in [-0.15, -0.1) is 0 Å². The van der Waals surface area contributed by atoms with Gasteiger partial charge in [-0.3, -0.25) is 19.2 Å². The Labute approximate surface area is 394 Å². The predicted octanol–water partition coefficient (Wildman–Crippen LogP) is 5.55. The Bertz CT molecular complexity index is 1110. The van der Waals surface area contributed by atoms with Gasteiger partial charge in [0.25, 0.3) is 5.78 Å². The van der Waals surface area contributed by atoms with Gasteiger partial charge < -0.3 is 37.1 Å². The molecule has 2 radical (unpaired) electrons. The summed E-state index contributed by atoms with van der Waals surface area (Å²) in [6.45, 7) is 20.5. The molecule has 2 unspecified atom stereocenters. The number of carbonyl (C=O) groups is 5. The Balaban J connectivity index is -0.000000135. The van der Waals surface area contributed by atoms with Crippen LogP contribution in [-0.2, 0) is 67.8 Å². The fraction of sp³-hybridized carbons (Fsp3) is 0.625. The Morgan fingerprint density at radius 1 is 1.04 bits per heavy atom. The summed E-state index contributed by atoms with van der Waals surface area (Å²) >= 11 is 0. The number of esters is 1. The first-order chi connectivity index (χ1) is 24.6. The van der Waals surface area contributed by atoms with Crippen LogP contribution in [0.3, 0.4) is 0 Å². The van der Waals surface area contributed by atoms with Gasteiger partial charge in [0, 0.05) is 97.4 Å². The van der Waals surface area contributed by atoms with Gasteiger partial charge in [-0.05, 0) is 75.7 Å². The van der Waals surface area contributed by atoms with Gasteiger partial charge in [0.15, 0.2) is 6.29 Å². The number of carbonyl (C=O) groups excluding carboxylic acids is 4. The van der Waals surface area contributed by atoms with E-state index in [-0.39, 0.29) is 116 Å². The quantitative estimate of drug-likeness (QED) is 0.0308. The summed E-state index contributed by atoms with van der Waals surface area (Å²) < 4.78 is 9.72. The van der Waals surface area contributed by atoms with Gasteiger partial charge in [-0.25, -0.2) is 4.79 Å². The minimum absolute atomic E-state index is 0. The molecule has 2 rings (SSSR count). The first-order valence-corrected chi connectivity index (χ1v) is 18.4. The van der Waals surface area contributed by atoms with E-state index in [4.69, 9.17) is 27.0 Å². The molecule has 0 heterocycles. The minimum atomic E-state index is -1.45. The van der Waals surface area contributed by atoms with E-state index in [0.29, 0.717) is 6.42 Å². The number of primary amides is 1. The monoisotopic (exact) mass is 864 g/mol. The van der Waals surface area contributed by atoms with Crippen LogP contribution in [0.5, 0.6) is 5.75 Å². The third kappa shape index (κ3) is 45.3. The fourth-order valence-electron chi connectivity index (χ4n) is 3.80. The van der Waals surface area contributed by atoms with Crippen LogP contribution in [0.1, 0.15) is 112 Å². The number of carboxylic acid groups (broad SMARTS) is 1. The molecule has 14 heteroatoms. The third-order valence-electron chi connectivity index (χ3n) is 7.10. The number of ether oxygens (including phenoxy) is 2. The third-order valence-corrected chi connectivity index (χ3v) is 7.10. The zero-order valence-corrected chi connectivity index (χ0v) is 41.1. The van der Waals surface area contributed by atoms with Crippen molar-refractivity contribution in [3.05, 3.63) is 54.1 Å². The van der Waals surface area contributed by atoms with E-state index in [2.05, 4.69) is 49.5 Å². The largest absolute Gasteiger partial charge is 0.486 e. The summed E-state index contributed by atoms with van der Waals surface area (Å²) in [6, 6.07) is 6.49. The van der Waals surface area contributed by atoms with Crippen molar-refractivity contribution in [2.75, 3.05) is 26.8 Å². The van der Waals surface area contributed by atoms with Crippen molar-refractivity contribution in [3.8, 4) is 5.75 Å². The average molecular weight is 865 g/mol. The minimum Gasteiger partial charge on any atom is -0.486 e. The van der Waals surface area contributed by atoms with Crippen LogP contribution < -0.4 is 27.3 Å². The van der Waals surface area contributed by atoms with Crippen molar-refractivity contribution in [1.29, 1.82) is 0 Å². The average Bonchev–Trinajstić information content (AvgIpc) is 3.09. The Morgan fingerprint density at radius 3 is 1.91 bits per heavy atom. The molecule has 1 amide bonds. The van der Waals surface area contributed by atoms with Crippen LogP contribution in [0.15, 0.2) is 48.6 Å². The fourth-order valence-corrected chi connectivity index (χ4v) is 3.80. The summed E-state index contributed by atoms with van der Waals surface area (Å²) in [5, 5.41) is 11.3. The summed E-state index contributed by atoms with van der Waals surface area (Å²) in [4.78, 5) is 51.4. The zero-order valence-electron chi connectivity index (χ0n) is 35.2. The summed E-state index contributed by atoms with van der Waals surface area (Å²) in [5.41, 5.74) is 18.1. The number of aliphatic carboxylic acids is 1. The molecule has 8 N–H and O–H groups in total. The molecule has 0 saturated heterocycles. The Kier molecular flexibility index (Phi) is 55.5. The summed E-state index contributed by atoms with van der Waals surface area (Å²) in [7, 11) is 1.98. The van der Waals surface area contributed by atoms with Crippen molar-refractivity contribution in [2.24, 2.45) is 29.0 Å².